The maximum atomic E-state index is 9.34. The van der Waals surface area contributed by atoms with E-state index in [1.807, 2.05) is 0 Å². The smallest absolute Gasteiger partial charge is 0.159 e. The van der Waals surface area contributed by atoms with Gasteiger partial charge in [0.1, 0.15) is 0 Å². The maximum absolute atomic E-state index is 9.34. The van der Waals surface area contributed by atoms with Crippen LogP contribution in [0, 0.1) is 5.92 Å². The van der Waals surface area contributed by atoms with Crippen molar-refractivity contribution in [2.75, 3.05) is 13.2 Å². The lowest BCUT2D eigenvalue weighted by atomic mass is 9.96. The van der Waals surface area contributed by atoms with Crippen LogP contribution in [0.2, 0.25) is 0 Å². The van der Waals surface area contributed by atoms with Crippen LogP contribution in [0.1, 0.15) is 40.0 Å². The molecule has 3 heteroatoms. The fraction of sp³-hybridized carbons (Fsp3) is 1.00. The minimum atomic E-state index is -0.997. The molecular weight excluding hydrogens is 180 g/mol. The fourth-order valence-corrected chi connectivity index (χ4v) is 1.64. The quantitative estimate of drug-likeness (QED) is 0.708. The van der Waals surface area contributed by atoms with Gasteiger partial charge < -0.3 is 14.6 Å². The van der Waals surface area contributed by atoms with Crippen LogP contribution in [0.15, 0.2) is 0 Å². The Morgan fingerprint density at radius 2 is 2.14 bits per heavy atom. The van der Waals surface area contributed by atoms with Gasteiger partial charge in [0.05, 0.1) is 12.7 Å². The van der Waals surface area contributed by atoms with E-state index in [4.69, 9.17) is 9.47 Å². The highest BCUT2D eigenvalue weighted by Gasteiger charge is 2.19. The van der Waals surface area contributed by atoms with Gasteiger partial charge in [-0.1, -0.05) is 0 Å². The first kappa shape index (κ1) is 12.0. The average Bonchev–Trinajstić information content (AvgIpc) is 2.06. The highest BCUT2D eigenvalue weighted by Crippen LogP contribution is 2.21. The van der Waals surface area contributed by atoms with Crippen LogP contribution in [0.3, 0.4) is 0 Å². The first-order valence-corrected chi connectivity index (χ1v) is 5.45. The SMILES string of the molecule is CC1CCC(CCOC(C)(C)O)CO1. The summed E-state index contributed by atoms with van der Waals surface area (Å²) in [4.78, 5) is 0. The summed E-state index contributed by atoms with van der Waals surface area (Å²) < 4.78 is 10.8. The fourth-order valence-electron chi connectivity index (χ4n) is 1.64. The highest BCUT2D eigenvalue weighted by atomic mass is 16.6. The van der Waals surface area contributed by atoms with Crippen LogP contribution >= 0.6 is 0 Å². The summed E-state index contributed by atoms with van der Waals surface area (Å²) in [6, 6.07) is 0. The molecule has 0 bridgehead atoms. The normalized spacial score (nSPS) is 29.1. The van der Waals surface area contributed by atoms with Crippen molar-refractivity contribution in [3.8, 4) is 0 Å². The lowest BCUT2D eigenvalue weighted by Crippen LogP contribution is -2.28. The molecule has 1 aliphatic rings. The van der Waals surface area contributed by atoms with Gasteiger partial charge in [-0.3, -0.25) is 0 Å². The van der Waals surface area contributed by atoms with Crippen molar-refractivity contribution in [2.24, 2.45) is 5.92 Å². The Labute approximate surface area is 86.4 Å². The van der Waals surface area contributed by atoms with Gasteiger partial charge >= 0.3 is 0 Å². The van der Waals surface area contributed by atoms with Crippen LogP contribution in [0.4, 0.5) is 0 Å². The van der Waals surface area contributed by atoms with Crippen molar-refractivity contribution in [3.63, 3.8) is 0 Å². The monoisotopic (exact) mass is 202 g/mol. The molecule has 2 atom stereocenters. The Balaban J connectivity index is 2.08. The molecule has 14 heavy (non-hydrogen) atoms. The van der Waals surface area contributed by atoms with E-state index in [9.17, 15) is 5.11 Å². The molecule has 0 aromatic rings. The van der Waals surface area contributed by atoms with Gasteiger partial charge in [-0.25, -0.2) is 0 Å². The van der Waals surface area contributed by atoms with Gasteiger partial charge in [0.25, 0.3) is 0 Å². The van der Waals surface area contributed by atoms with Crippen LogP contribution < -0.4 is 0 Å². The number of hydrogen-bond acceptors (Lipinski definition) is 3. The summed E-state index contributed by atoms with van der Waals surface area (Å²) in [7, 11) is 0. The first-order valence-electron chi connectivity index (χ1n) is 5.45. The number of aliphatic hydroxyl groups is 1. The highest BCUT2D eigenvalue weighted by molar-refractivity contribution is 4.67. The molecule has 1 rings (SSSR count). The zero-order chi connectivity index (χ0) is 10.6. The molecule has 1 fully saturated rings. The van der Waals surface area contributed by atoms with E-state index >= 15 is 0 Å². The molecule has 0 spiro atoms. The molecule has 0 aromatic heterocycles. The van der Waals surface area contributed by atoms with Gasteiger partial charge in [0.15, 0.2) is 5.79 Å². The molecule has 1 aliphatic heterocycles. The third-order valence-electron chi connectivity index (χ3n) is 2.58. The second-order valence-electron chi connectivity index (χ2n) is 4.67. The molecule has 1 heterocycles. The molecule has 84 valence electrons. The molecule has 1 N–H and O–H groups in total. The Hall–Kier alpha value is -0.120. The van der Waals surface area contributed by atoms with Gasteiger partial charge in [-0.15, -0.1) is 0 Å². The van der Waals surface area contributed by atoms with Gasteiger partial charge in [-0.2, -0.15) is 0 Å². The second-order valence-corrected chi connectivity index (χ2v) is 4.67. The Morgan fingerprint density at radius 1 is 1.43 bits per heavy atom. The lowest BCUT2D eigenvalue weighted by molar-refractivity contribution is -0.179. The zero-order valence-corrected chi connectivity index (χ0v) is 9.45. The van der Waals surface area contributed by atoms with E-state index in [1.54, 1.807) is 13.8 Å². The maximum Gasteiger partial charge on any atom is 0.159 e. The third kappa shape index (κ3) is 4.94. The number of hydrogen-bond donors (Lipinski definition) is 1. The molecule has 0 amide bonds. The van der Waals surface area contributed by atoms with Crippen molar-refractivity contribution in [3.05, 3.63) is 0 Å². The van der Waals surface area contributed by atoms with Gasteiger partial charge in [-0.05, 0) is 46.0 Å². The molecule has 0 radical (unpaired) electrons. The van der Waals surface area contributed by atoms with Crippen LogP contribution in [0.25, 0.3) is 0 Å². The lowest BCUT2D eigenvalue weighted by Gasteiger charge is -2.27. The van der Waals surface area contributed by atoms with Crippen molar-refractivity contribution in [2.45, 2.75) is 51.9 Å². The molecule has 1 saturated heterocycles. The molecule has 2 unspecified atom stereocenters. The Morgan fingerprint density at radius 3 is 2.64 bits per heavy atom. The third-order valence-corrected chi connectivity index (χ3v) is 2.58. The van der Waals surface area contributed by atoms with E-state index in [2.05, 4.69) is 6.92 Å². The van der Waals surface area contributed by atoms with E-state index in [0.717, 1.165) is 19.4 Å². The van der Waals surface area contributed by atoms with Crippen LogP contribution in [0.5, 0.6) is 0 Å². The predicted octanol–water partition coefficient (Wildman–Crippen LogP) is 1.94. The summed E-state index contributed by atoms with van der Waals surface area (Å²) in [6.45, 7) is 6.89. The summed E-state index contributed by atoms with van der Waals surface area (Å²) in [5.74, 6) is -0.392. The van der Waals surface area contributed by atoms with Gasteiger partial charge in [0.2, 0.25) is 0 Å². The standard InChI is InChI=1S/C11H22O3/c1-9-4-5-10(8-13-9)6-7-14-11(2,3)12/h9-10,12H,4-8H2,1-3H3. The zero-order valence-electron chi connectivity index (χ0n) is 9.45. The van der Waals surface area contributed by atoms with E-state index < -0.39 is 5.79 Å². The summed E-state index contributed by atoms with van der Waals surface area (Å²) in [5, 5.41) is 9.34. The second kappa shape index (κ2) is 5.10. The molecule has 0 saturated carbocycles. The molecule has 3 nitrogen and oxygen atoms in total. The van der Waals surface area contributed by atoms with Crippen molar-refractivity contribution < 1.29 is 14.6 Å². The van der Waals surface area contributed by atoms with Gasteiger partial charge in [0, 0.05) is 6.61 Å². The van der Waals surface area contributed by atoms with Crippen molar-refractivity contribution >= 4 is 0 Å². The molecule has 0 aromatic carbocycles. The number of rotatable bonds is 4. The summed E-state index contributed by atoms with van der Waals surface area (Å²) in [6.07, 6.45) is 3.77. The molecule has 0 aliphatic carbocycles. The average molecular weight is 202 g/mol. The topological polar surface area (TPSA) is 38.7 Å². The minimum absolute atomic E-state index is 0.418. The summed E-state index contributed by atoms with van der Waals surface area (Å²) in [5.41, 5.74) is 0. The van der Waals surface area contributed by atoms with Crippen molar-refractivity contribution in [1.82, 2.24) is 0 Å². The van der Waals surface area contributed by atoms with Crippen LogP contribution in [-0.2, 0) is 9.47 Å². The number of ether oxygens (including phenoxy) is 2. The predicted molar refractivity (Wildman–Crippen MR) is 55.0 cm³/mol. The Bertz CT molecular complexity index is 154. The molecular formula is C11H22O3. The van der Waals surface area contributed by atoms with E-state index in [0.29, 0.717) is 18.6 Å². The van der Waals surface area contributed by atoms with E-state index in [-0.39, 0.29) is 0 Å². The van der Waals surface area contributed by atoms with Crippen molar-refractivity contribution in [1.29, 1.82) is 0 Å². The Kier molecular flexibility index (Phi) is 4.35. The largest absolute Gasteiger partial charge is 0.378 e. The van der Waals surface area contributed by atoms with Crippen LogP contribution in [-0.4, -0.2) is 30.2 Å². The summed E-state index contributed by atoms with van der Waals surface area (Å²) >= 11 is 0. The minimum Gasteiger partial charge on any atom is -0.378 e. The van der Waals surface area contributed by atoms with E-state index in [1.165, 1.54) is 6.42 Å². The first-order chi connectivity index (χ1) is 6.47.